The molecule has 116 valence electrons. The predicted octanol–water partition coefficient (Wildman–Crippen LogP) is 1.07. The Morgan fingerprint density at radius 1 is 1.43 bits per heavy atom. The topological polar surface area (TPSA) is 58.8 Å². The zero-order valence-electron chi connectivity index (χ0n) is 12.2. The van der Waals surface area contributed by atoms with E-state index in [0.717, 1.165) is 44.2 Å². The van der Waals surface area contributed by atoms with Crippen LogP contribution < -0.4 is 5.73 Å². The van der Waals surface area contributed by atoms with E-state index in [1.54, 1.807) is 11.3 Å². The average molecular weight is 309 g/mol. The third-order valence-corrected chi connectivity index (χ3v) is 5.24. The number of rotatable bonds is 4. The van der Waals surface area contributed by atoms with Crippen LogP contribution in [-0.2, 0) is 9.53 Å². The molecule has 2 atom stereocenters. The van der Waals surface area contributed by atoms with Crippen molar-refractivity contribution in [2.45, 2.75) is 25.0 Å². The Hall–Kier alpha value is -0.950. The number of piperazine rings is 1. The van der Waals surface area contributed by atoms with Crippen LogP contribution in [0.2, 0.25) is 0 Å². The second-order valence-corrected chi connectivity index (χ2v) is 6.73. The van der Waals surface area contributed by atoms with E-state index in [0.29, 0.717) is 6.10 Å². The predicted molar refractivity (Wildman–Crippen MR) is 83.2 cm³/mol. The Labute approximate surface area is 129 Å². The fourth-order valence-corrected chi connectivity index (χ4v) is 3.73. The Morgan fingerprint density at radius 2 is 2.24 bits per heavy atom. The number of carbonyl (C=O) groups excluding carboxylic acids is 1. The second-order valence-electron chi connectivity index (χ2n) is 5.75. The van der Waals surface area contributed by atoms with Gasteiger partial charge in [-0.15, -0.1) is 11.3 Å². The molecule has 6 heteroatoms. The van der Waals surface area contributed by atoms with Gasteiger partial charge in [0.15, 0.2) is 0 Å². The molecule has 2 aliphatic rings. The van der Waals surface area contributed by atoms with Gasteiger partial charge in [-0.1, -0.05) is 6.07 Å². The lowest BCUT2D eigenvalue weighted by molar-refractivity contribution is -0.134. The summed E-state index contributed by atoms with van der Waals surface area (Å²) in [6.07, 6.45) is 2.74. The molecule has 0 bridgehead atoms. The molecule has 0 aliphatic carbocycles. The SMILES string of the molecule is NC(C(=O)N1CCN(CC2CCCO2)CC1)c1cccs1. The highest BCUT2D eigenvalue weighted by Crippen LogP contribution is 2.20. The van der Waals surface area contributed by atoms with Crippen LogP contribution in [0.25, 0.3) is 0 Å². The van der Waals surface area contributed by atoms with Gasteiger partial charge in [0.05, 0.1) is 6.10 Å². The van der Waals surface area contributed by atoms with Gasteiger partial charge in [-0.3, -0.25) is 9.69 Å². The minimum atomic E-state index is -0.505. The van der Waals surface area contributed by atoms with Gasteiger partial charge in [0.25, 0.3) is 0 Å². The van der Waals surface area contributed by atoms with Crippen molar-refractivity contribution in [2.24, 2.45) is 5.73 Å². The molecule has 0 radical (unpaired) electrons. The van der Waals surface area contributed by atoms with Gasteiger partial charge >= 0.3 is 0 Å². The third-order valence-electron chi connectivity index (χ3n) is 4.29. The molecule has 0 saturated carbocycles. The number of hydrogen-bond donors (Lipinski definition) is 1. The molecule has 1 aromatic heterocycles. The monoisotopic (exact) mass is 309 g/mol. The van der Waals surface area contributed by atoms with Gasteiger partial charge in [0.2, 0.25) is 5.91 Å². The molecule has 1 amide bonds. The maximum absolute atomic E-state index is 12.4. The first-order valence-electron chi connectivity index (χ1n) is 7.66. The average Bonchev–Trinajstić information content (AvgIpc) is 3.20. The molecule has 2 fully saturated rings. The number of carbonyl (C=O) groups is 1. The van der Waals surface area contributed by atoms with Crippen LogP contribution in [-0.4, -0.2) is 61.1 Å². The van der Waals surface area contributed by atoms with Crippen molar-refractivity contribution in [3.63, 3.8) is 0 Å². The smallest absolute Gasteiger partial charge is 0.245 e. The van der Waals surface area contributed by atoms with Crippen LogP contribution in [0.5, 0.6) is 0 Å². The van der Waals surface area contributed by atoms with Crippen LogP contribution in [0, 0.1) is 0 Å². The van der Waals surface area contributed by atoms with Gasteiger partial charge in [-0.2, -0.15) is 0 Å². The van der Waals surface area contributed by atoms with Crippen molar-refractivity contribution in [3.05, 3.63) is 22.4 Å². The summed E-state index contributed by atoms with van der Waals surface area (Å²) in [5.74, 6) is 0.0502. The van der Waals surface area contributed by atoms with Gasteiger partial charge < -0.3 is 15.4 Å². The first-order chi connectivity index (χ1) is 10.2. The molecule has 3 heterocycles. The maximum atomic E-state index is 12.4. The molecule has 2 N–H and O–H groups in total. The normalized spacial score (nSPS) is 25.2. The highest BCUT2D eigenvalue weighted by Gasteiger charge is 2.28. The minimum absolute atomic E-state index is 0.0502. The summed E-state index contributed by atoms with van der Waals surface area (Å²) in [5.41, 5.74) is 6.07. The fraction of sp³-hybridized carbons (Fsp3) is 0.667. The fourth-order valence-electron chi connectivity index (χ4n) is 3.01. The first-order valence-corrected chi connectivity index (χ1v) is 8.54. The Morgan fingerprint density at radius 3 is 2.86 bits per heavy atom. The van der Waals surface area contributed by atoms with Crippen molar-refractivity contribution in [3.8, 4) is 0 Å². The summed E-state index contributed by atoms with van der Waals surface area (Å²) in [7, 11) is 0. The molecule has 2 aliphatic heterocycles. The molecular formula is C15H23N3O2S. The van der Waals surface area contributed by atoms with Gasteiger partial charge in [0.1, 0.15) is 6.04 Å². The van der Waals surface area contributed by atoms with Crippen LogP contribution in [0.3, 0.4) is 0 Å². The highest BCUT2D eigenvalue weighted by atomic mass is 32.1. The quantitative estimate of drug-likeness (QED) is 0.904. The Bertz CT molecular complexity index is 451. The molecular weight excluding hydrogens is 286 g/mol. The lowest BCUT2D eigenvalue weighted by Crippen LogP contribution is -2.52. The van der Waals surface area contributed by atoms with Gasteiger partial charge in [-0.25, -0.2) is 0 Å². The number of nitrogens with two attached hydrogens (primary N) is 1. The summed E-state index contributed by atoms with van der Waals surface area (Å²) in [4.78, 5) is 17.7. The van der Waals surface area contributed by atoms with Gasteiger partial charge in [0, 0.05) is 44.2 Å². The summed E-state index contributed by atoms with van der Waals surface area (Å²) in [6.45, 7) is 5.28. The Balaban J connectivity index is 1.47. The molecule has 2 saturated heterocycles. The maximum Gasteiger partial charge on any atom is 0.245 e. The van der Waals surface area contributed by atoms with Crippen molar-refractivity contribution >= 4 is 17.2 Å². The second kappa shape index (κ2) is 6.87. The standard InChI is InChI=1S/C15H23N3O2S/c16-14(13-4-2-10-21-13)15(19)18-7-5-17(6-8-18)11-12-3-1-9-20-12/h2,4,10,12,14H,1,3,5-9,11,16H2. The van der Waals surface area contributed by atoms with Crippen molar-refractivity contribution in [1.82, 2.24) is 9.80 Å². The minimum Gasteiger partial charge on any atom is -0.377 e. The van der Waals surface area contributed by atoms with E-state index < -0.39 is 6.04 Å². The summed E-state index contributed by atoms with van der Waals surface area (Å²) >= 11 is 1.55. The van der Waals surface area contributed by atoms with Gasteiger partial charge in [-0.05, 0) is 24.3 Å². The van der Waals surface area contributed by atoms with Crippen LogP contribution in [0.4, 0.5) is 0 Å². The molecule has 1 aromatic rings. The highest BCUT2D eigenvalue weighted by molar-refractivity contribution is 7.10. The zero-order chi connectivity index (χ0) is 14.7. The number of amides is 1. The Kier molecular flexibility index (Phi) is 4.90. The summed E-state index contributed by atoms with van der Waals surface area (Å²) in [5, 5.41) is 1.96. The molecule has 3 rings (SSSR count). The third kappa shape index (κ3) is 3.63. The molecule has 0 aromatic carbocycles. The van der Waals surface area contributed by atoms with E-state index in [9.17, 15) is 4.79 Å². The molecule has 0 spiro atoms. The van der Waals surface area contributed by atoms with Crippen molar-refractivity contribution in [1.29, 1.82) is 0 Å². The zero-order valence-corrected chi connectivity index (χ0v) is 13.1. The molecule has 2 unspecified atom stereocenters. The van der Waals surface area contributed by atoms with Crippen LogP contribution >= 0.6 is 11.3 Å². The van der Waals surface area contributed by atoms with Crippen LogP contribution in [0.1, 0.15) is 23.8 Å². The number of thiophene rings is 1. The number of hydrogen-bond acceptors (Lipinski definition) is 5. The summed E-state index contributed by atoms with van der Waals surface area (Å²) < 4.78 is 5.68. The number of nitrogens with zero attached hydrogens (tertiary/aromatic N) is 2. The lowest BCUT2D eigenvalue weighted by atomic mass is 10.2. The lowest BCUT2D eigenvalue weighted by Gasteiger charge is -2.36. The van der Waals surface area contributed by atoms with Crippen molar-refractivity contribution in [2.75, 3.05) is 39.3 Å². The largest absolute Gasteiger partial charge is 0.377 e. The van der Waals surface area contributed by atoms with E-state index in [1.807, 2.05) is 22.4 Å². The first kappa shape index (κ1) is 15.0. The number of ether oxygens (including phenoxy) is 1. The summed E-state index contributed by atoms with van der Waals surface area (Å²) in [6, 6.07) is 3.36. The molecule has 5 nitrogen and oxygen atoms in total. The van der Waals surface area contributed by atoms with Crippen molar-refractivity contribution < 1.29 is 9.53 Å². The van der Waals surface area contributed by atoms with E-state index >= 15 is 0 Å². The van der Waals surface area contributed by atoms with Crippen LogP contribution in [0.15, 0.2) is 17.5 Å². The van der Waals surface area contributed by atoms with E-state index in [2.05, 4.69) is 4.90 Å². The molecule has 21 heavy (non-hydrogen) atoms. The van der Waals surface area contributed by atoms with E-state index in [4.69, 9.17) is 10.5 Å². The van der Waals surface area contributed by atoms with E-state index in [-0.39, 0.29) is 5.91 Å². The van der Waals surface area contributed by atoms with E-state index in [1.165, 1.54) is 12.8 Å².